The smallest absolute Gasteiger partial charge is 0.249 e. The van der Waals surface area contributed by atoms with Gasteiger partial charge in [0.2, 0.25) is 11.8 Å². The minimum absolute atomic E-state index is 0.271. The van der Waals surface area contributed by atoms with Gasteiger partial charge < -0.3 is 20.4 Å². The molecule has 0 saturated heterocycles. The quantitative estimate of drug-likeness (QED) is 0.302. The van der Waals surface area contributed by atoms with Crippen LogP contribution in [-0.2, 0) is 16.0 Å². The van der Waals surface area contributed by atoms with E-state index in [-0.39, 0.29) is 11.8 Å². The number of nitrogens with zero attached hydrogens (tertiary/aromatic N) is 1. The number of ether oxygens (including phenoxy) is 1. The van der Waals surface area contributed by atoms with Gasteiger partial charge in [-0.1, -0.05) is 47.7 Å². The predicted octanol–water partition coefficient (Wildman–Crippen LogP) is 5.26. The third-order valence-electron chi connectivity index (χ3n) is 5.36. The first kappa shape index (κ1) is 21.7. The Morgan fingerprint density at radius 1 is 1.03 bits per heavy atom. The molecule has 2 aromatic heterocycles. The summed E-state index contributed by atoms with van der Waals surface area (Å²) in [5, 5.41) is 7.12. The van der Waals surface area contributed by atoms with Crippen LogP contribution in [-0.4, -0.2) is 27.8 Å². The third-order valence-corrected chi connectivity index (χ3v) is 6.30. The van der Waals surface area contributed by atoms with E-state index in [1.807, 2.05) is 79.0 Å². The number of para-hydroxylation sites is 2. The first-order chi connectivity index (χ1) is 16.5. The van der Waals surface area contributed by atoms with Crippen molar-refractivity contribution in [2.24, 2.45) is 0 Å². The zero-order valence-electron chi connectivity index (χ0n) is 18.4. The zero-order chi connectivity index (χ0) is 23.5. The van der Waals surface area contributed by atoms with E-state index in [2.05, 4.69) is 20.6 Å². The minimum atomic E-state index is -0.735. The number of fused-ring (bicyclic) bond motifs is 2. The van der Waals surface area contributed by atoms with Crippen molar-refractivity contribution in [1.82, 2.24) is 15.3 Å². The maximum Gasteiger partial charge on any atom is 0.249 e. The Kier molecular flexibility index (Phi) is 5.97. The van der Waals surface area contributed by atoms with E-state index < -0.39 is 6.04 Å². The topological polar surface area (TPSA) is 96.1 Å². The summed E-state index contributed by atoms with van der Waals surface area (Å²) in [6, 6.07) is 22.3. The molecule has 170 valence electrons. The van der Waals surface area contributed by atoms with Crippen molar-refractivity contribution in [1.29, 1.82) is 0 Å². The van der Waals surface area contributed by atoms with Crippen molar-refractivity contribution in [3.05, 3.63) is 84.6 Å². The van der Waals surface area contributed by atoms with E-state index in [1.54, 1.807) is 0 Å². The Hall–Kier alpha value is -4.17. The highest BCUT2D eigenvalue weighted by molar-refractivity contribution is 7.22. The number of nitrogens with one attached hydrogen (secondary N) is 3. The minimum Gasteiger partial charge on any atom is -0.457 e. The van der Waals surface area contributed by atoms with Crippen molar-refractivity contribution in [3.8, 4) is 11.5 Å². The number of carbonyl (C=O) groups is 2. The summed E-state index contributed by atoms with van der Waals surface area (Å²) >= 11 is 1.36. The van der Waals surface area contributed by atoms with Gasteiger partial charge in [-0.3, -0.25) is 9.59 Å². The molecule has 2 amide bonds. The number of carbonyl (C=O) groups excluding carboxylic acids is 2. The number of hydrogen-bond acceptors (Lipinski definition) is 5. The summed E-state index contributed by atoms with van der Waals surface area (Å²) in [6.45, 7) is 1.40. The Balaban J connectivity index is 1.34. The number of H-pyrrole nitrogens is 1. The molecule has 1 atom stereocenters. The number of aromatic nitrogens is 2. The van der Waals surface area contributed by atoms with Gasteiger partial charge in [0, 0.05) is 36.5 Å². The molecule has 0 aliphatic carbocycles. The molecule has 0 bridgehead atoms. The number of benzene rings is 3. The number of amides is 2. The summed E-state index contributed by atoms with van der Waals surface area (Å²) in [7, 11) is 0. The summed E-state index contributed by atoms with van der Waals surface area (Å²) in [4.78, 5) is 32.6. The highest BCUT2D eigenvalue weighted by Gasteiger charge is 2.22. The van der Waals surface area contributed by atoms with Crippen LogP contribution in [0.4, 0.5) is 5.13 Å². The number of aromatic amines is 1. The van der Waals surface area contributed by atoms with Crippen LogP contribution in [0.1, 0.15) is 12.5 Å². The SMILES string of the molecule is CC(=O)N[C@@H](Cc1c[nH]c2ccccc12)C(=O)Nc1nc2ccc(Oc3ccccc3)cc2s1. The van der Waals surface area contributed by atoms with E-state index in [0.717, 1.165) is 32.4 Å². The van der Waals surface area contributed by atoms with Gasteiger partial charge in [0.05, 0.1) is 10.2 Å². The summed E-state index contributed by atoms with van der Waals surface area (Å²) in [6.07, 6.45) is 2.23. The lowest BCUT2D eigenvalue weighted by atomic mass is 10.0. The molecule has 0 aliphatic heterocycles. The number of anilines is 1. The molecule has 8 heteroatoms. The largest absolute Gasteiger partial charge is 0.457 e. The standard InChI is InChI=1S/C26H22N4O3S/c1-16(31)28-23(13-17-15-27-21-10-6-5-9-20(17)21)25(32)30-26-29-22-12-11-19(14-24(22)34-26)33-18-7-3-2-4-8-18/h2-12,14-15,23,27H,13H2,1H3,(H,28,31)(H,29,30,32)/t23-/m0/s1. The van der Waals surface area contributed by atoms with E-state index in [0.29, 0.717) is 17.3 Å². The molecular formula is C26H22N4O3S. The monoisotopic (exact) mass is 470 g/mol. The first-order valence-corrected chi connectivity index (χ1v) is 11.6. The van der Waals surface area contributed by atoms with Crippen LogP contribution in [0.5, 0.6) is 11.5 Å². The van der Waals surface area contributed by atoms with E-state index in [1.165, 1.54) is 18.3 Å². The normalized spacial score (nSPS) is 11.9. The third kappa shape index (κ3) is 4.77. The molecule has 0 unspecified atom stereocenters. The lowest BCUT2D eigenvalue weighted by Crippen LogP contribution is -2.44. The van der Waals surface area contributed by atoms with Gasteiger partial charge in [0.1, 0.15) is 17.5 Å². The van der Waals surface area contributed by atoms with E-state index in [9.17, 15) is 9.59 Å². The van der Waals surface area contributed by atoms with Crippen LogP contribution in [0.3, 0.4) is 0 Å². The molecule has 3 N–H and O–H groups in total. The molecule has 5 aromatic rings. The molecule has 7 nitrogen and oxygen atoms in total. The van der Waals surface area contributed by atoms with E-state index in [4.69, 9.17) is 4.74 Å². The molecule has 0 saturated carbocycles. The van der Waals surface area contributed by atoms with Crippen LogP contribution in [0.2, 0.25) is 0 Å². The highest BCUT2D eigenvalue weighted by atomic mass is 32.1. The average Bonchev–Trinajstić information content (AvgIpc) is 3.42. The lowest BCUT2D eigenvalue weighted by Gasteiger charge is -2.16. The lowest BCUT2D eigenvalue weighted by molar-refractivity contribution is -0.125. The molecule has 0 fully saturated rings. The Labute approximate surface area is 199 Å². The fraction of sp³-hybridized carbons (Fsp3) is 0.115. The van der Waals surface area contributed by atoms with E-state index >= 15 is 0 Å². The highest BCUT2D eigenvalue weighted by Crippen LogP contribution is 2.31. The van der Waals surface area contributed by atoms with Gasteiger partial charge in [-0.2, -0.15) is 0 Å². The summed E-state index contributed by atoms with van der Waals surface area (Å²) in [5.74, 6) is 0.846. The summed E-state index contributed by atoms with van der Waals surface area (Å²) < 4.78 is 6.78. The van der Waals surface area contributed by atoms with Gasteiger partial charge >= 0.3 is 0 Å². The van der Waals surface area contributed by atoms with Crippen LogP contribution < -0.4 is 15.4 Å². The predicted molar refractivity (Wildman–Crippen MR) is 134 cm³/mol. The molecule has 0 radical (unpaired) electrons. The van der Waals surface area contributed by atoms with Gasteiger partial charge in [-0.05, 0) is 35.9 Å². The van der Waals surface area contributed by atoms with Crippen molar-refractivity contribution in [2.45, 2.75) is 19.4 Å². The van der Waals surface area contributed by atoms with Crippen molar-refractivity contribution in [2.75, 3.05) is 5.32 Å². The molecule has 0 aliphatic rings. The number of rotatable bonds is 7. The second-order valence-corrected chi connectivity index (χ2v) is 8.90. The second kappa shape index (κ2) is 9.36. The second-order valence-electron chi connectivity index (χ2n) is 7.87. The van der Waals surface area contributed by atoms with Gasteiger partial charge in [0.15, 0.2) is 5.13 Å². The number of hydrogen-bond donors (Lipinski definition) is 3. The fourth-order valence-electron chi connectivity index (χ4n) is 3.81. The molecule has 34 heavy (non-hydrogen) atoms. The Morgan fingerprint density at radius 2 is 1.82 bits per heavy atom. The van der Waals surface area contributed by atoms with Crippen LogP contribution >= 0.6 is 11.3 Å². The van der Waals surface area contributed by atoms with Gasteiger partial charge in [-0.25, -0.2) is 4.98 Å². The van der Waals surface area contributed by atoms with Crippen LogP contribution in [0, 0.1) is 0 Å². The van der Waals surface area contributed by atoms with Crippen molar-refractivity contribution in [3.63, 3.8) is 0 Å². The van der Waals surface area contributed by atoms with Crippen molar-refractivity contribution >= 4 is 49.4 Å². The number of thiazole rings is 1. The Morgan fingerprint density at radius 3 is 2.65 bits per heavy atom. The maximum absolute atomic E-state index is 13.1. The molecular weight excluding hydrogens is 448 g/mol. The van der Waals surface area contributed by atoms with Crippen molar-refractivity contribution < 1.29 is 14.3 Å². The van der Waals surface area contributed by atoms with Gasteiger partial charge in [-0.15, -0.1) is 0 Å². The Bertz CT molecular complexity index is 1480. The maximum atomic E-state index is 13.1. The zero-order valence-corrected chi connectivity index (χ0v) is 19.2. The first-order valence-electron chi connectivity index (χ1n) is 10.8. The fourth-order valence-corrected chi connectivity index (χ4v) is 4.71. The molecule has 5 rings (SSSR count). The summed E-state index contributed by atoms with van der Waals surface area (Å²) in [5.41, 5.74) is 2.70. The molecule has 2 heterocycles. The molecule has 0 spiro atoms. The molecule has 3 aromatic carbocycles. The average molecular weight is 471 g/mol. The van der Waals surface area contributed by atoms with Crippen LogP contribution in [0.15, 0.2) is 79.0 Å². The van der Waals surface area contributed by atoms with Gasteiger partial charge in [0.25, 0.3) is 0 Å². The van der Waals surface area contributed by atoms with Crippen LogP contribution in [0.25, 0.3) is 21.1 Å².